The van der Waals surface area contributed by atoms with Gasteiger partial charge in [0.1, 0.15) is 39.7 Å². The molecule has 0 radical (unpaired) electrons. The molecule has 0 aliphatic carbocycles. The number of fused-ring (bicyclic) bond motifs is 21. The number of aryl methyl sites for hydroxylation is 4. The molecule has 0 amide bonds. The van der Waals surface area contributed by atoms with E-state index in [4.69, 9.17) is 22.7 Å². The minimum absolute atomic E-state index is 0.812. The Morgan fingerprint density at radius 1 is 0.158 bits per heavy atom. The molecule has 5 heterocycles. The summed E-state index contributed by atoms with van der Waals surface area (Å²) in [7, 11) is 0. The van der Waals surface area contributed by atoms with Crippen molar-refractivity contribution in [2.75, 3.05) is 19.6 Å². The van der Waals surface area contributed by atoms with Crippen molar-refractivity contribution in [3.05, 3.63) is 471 Å². The van der Waals surface area contributed by atoms with E-state index in [0.717, 1.165) is 201 Å². The summed E-state index contributed by atoms with van der Waals surface area (Å²) in [6.07, 6.45) is 0. The number of ether oxygens (including phenoxy) is 2. The van der Waals surface area contributed by atoms with Crippen molar-refractivity contribution in [3.63, 3.8) is 0 Å². The highest BCUT2D eigenvalue weighted by Crippen LogP contribution is 2.58. The molecule has 0 bridgehead atoms. The van der Waals surface area contributed by atoms with Gasteiger partial charge in [-0.05, 0) is 308 Å². The van der Waals surface area contributed by atoms with E-state index in [1.807, 2.05) is 36.4 Å². The highest BCUT2D eigenvalue weighted by molar-refractivity contribution is 6.28. The predicted octanol–water partition coefficient (Wildman–Crippen LogP) is 38.0. The van der Waals surface area contributed by atoms with Crippen molar-refractivity contribution in [1.82, 2.24) is 0 Å². The lowest BCUT2D eigenvalue weighted by molar-refractivity contribution is 0.486. The molecule has 0 unspecified atom stereocenters. The molecule has 0 atom stereocenters. The summed E-state index contributed by atoms with van der Waals surface area (Å²) in [6, 6.07) is 161. The number of nitrogens with zero attached hydrogens (tertiary/aromatic N) is 4. The summed E-state index contributed by atoms with van der Waals surface area (Å²) < 4.78 is 34.0. The van der Waals surface area contributed by atoms with Crippen LogP contribution in [0.4, 0.5) is 68.2 Å². The van der Waals surface area contributed by atoms with Crippen LogP contribution in [0, 0.1) is 27.7 Å². The third kappa shape index (κ3) is 13.4. The monoisotopic (exact) mass is 1780 g/mol. The molecule has 139 heavy (non-hydrogen) atoms. The van der Waals surface area contributed by atoms with Gasteiger partial charge >= 0.3 is 0 Å². The van der Waals surface area contributed by atoms with Crippen molar-refractivity contribution >= 4 is 199 Å². The van der Waals surface area contributed by atoms with Crippen LogP contribution < -0.4 is 29.1 Å². The Morgan fingerprint density at radius 2 is 0.439 bits per heavy atom. The molecule has 2 aliphatic rings. The highest BCUT2D eigenvalue weighted by atomic mass is 16.5. The molecule has 0 saturated heterocycles. The van der Waals surface area contributed by atoms with Gasteiger partial charge in [-0.15, -0.1) is 0 Å². The second kappa shape index (κ2) is 32.3. The fourth-order valence-corrected chi connectivity index (χ4v) is 21.9. The first-order chi connectivity index (χ1) is 68.5. The van der Waals surface area contributed by atoms with Gasteiger partial charge in [0.05, 0.1) is 28.4 Å². The number of benzene rings is 23. The molecule has 3 aromatic heterocycles. The largest absolute Gasteiger partial charge is 0.456 e. The zero-order chi connectivity index (χ0) is 92.2. The van der Waals surface area contributed by atoms with Gasteiger partial charge in [0.2, 0.25) is 0 Å². The lowest BCUT2D eigenvalue weighted by atomic mass is 9.85. The first-order valence-electron chi connectivity index (χ1n) is 47.5. The molecule has 656 valence electrons. The fraction of sp³-hybridized carbons (Fsp3) is 0.0308. The van der Waals surface area contributed by atoms with E-state index >= 15 is 0 Å². The second-order valence-corrected chi connectivity index (χ2v) is 36.8. The molecule has 0 spiro atoms. The van der Waals surface area contributed by atoms with E-state index in [2.05, 4.69) is 460 Å². The van der Waals surface area contributed by atoms with E-state index in [1.54, 1.807) is 0 Å². The van der Waals surface area contributed by atoms with Gasteiger partial charge in [-0.2, -0.15) is 0 Å². The Morgan fingerprint density at radius 3 is 0.806 bits per heavy atom. The van der Waals surface area contributed by atoms with Gasteiger partial charge in [-0.25, -0.2) is 0 Å². The third-order valence-electron chi connectivity index (χ3n) is 28.1. The van der Waals surface area contributed by atoms with Gasteiger partial charge < -0.3 is 42.3 Å². The molecule has 0 N–H and O–H groups in total. The standard InChI is InChI=1S/C68H44N2O3.C62H42N2O2/c1-41-27-33-48-54(43-28-30-46(31-29-43)69(44-15-5-3-6-16-44)60-23-13-21-52-49-19-9-11-25-62(49)72-67(52)60)39-57-56(55(48)35-41)40-59-51-34-32-47(38-64(51)71-65-37-42(2)36-58(57)66(59)65)70(45-17-7-4-8-18-45)61-24-14-22-53-50-20-10-12-26-63(50)73-68(53)61;1-39-25-31-47-51(41-26-28-45(29-27-41)63(42-15-6-3-7-16-42)43-17-8-4-9-18-43)37-54-53(52(47)33-39)38-56-49-32-30-46(36-59(49)65-60-35-40(2)34-55(54)61(56)60)64(44-19-10-5-11-20-44)57-23-14-22-50-48-21-12-13-24-58(48)66-62(50)57/h3-40H,1-2H3;3-38H,1-2H3. The Bertz CT molecular complexity index is 9470. The summed E-state index contributed by atoms with van der Waals surface area (Å²) in [5, 5.41) is 20.9. The van der Waals surface area contributed by atoms with Crippen LogP contribution in [0.1, 0.15) is 22.3 Å². The molecule has 23 aromatic carbocycles. The highest BCUT2D eigenvalue weighted by Gasteiger charge is 2.32. The summed E-state index contributed by atoms with van der Waals surface area (Å²) in [5.41, 5.74) is 31.4. The number of anilines is 12. The fourth-order valence-electron chi connectivity index (χ4n) is 21.9. The van der Waals surface area contributed by atoms with Gasteiger partial charge in [0, 0.05) is 106 Å². The molecular formula is C130H86N4O5. The molecule has 28 rings (SSSR count). The number of hydrogen-bond acceptors (Lipinski definition) is 9. The lowest BCUT2D eigenvalue weighted by Gasteiger charge is -2.28. The Labute approximate surface area is 801 Å². The van der Waals surface area contributed by atoms with Gasteiger partial charge in [-0.1, -0.05) is 266 Å². The van der Waals surface area contributed by atoms with E-state index in [9.17, 15) is 0 Å². The van der Waals surface area contributed by atoms with Crippen LogP contribution in [0.15, 0.2) is 462 Å². The van der Waals surface area contributed by atoms with E-state index in [1.165, 1.54) is 87.2 Å². The Kier molecular flexibility index (Phi) is 18.7. The van der Waals surface area contributed by atoms with Crippen LogP contribution in [0.5, 0.6) is 23.0 Å². The molecule has 0 saturated carbocycles. The number of para-hydroxylation sites is 11. The van der Waals surface area contributed by atoms with Gasteiger partial charge in [0.15, 0.2) is 16.7 Å². The summed E-state index contributed by atoms with van der Waals surface area (Å²) in [4.78, 5) is 9.17. The van der Waals surface area contributed by atoms with E-state index < -0.39 is 0 Å². The van der Waals surface area contributed by atoms with E-state index in [-0.39, 0.29) is 0 Å². The smallest absolute Gasteiger partial charge is 0.159 e. The van der Waals surface area contributed by atoms with Crippen LogP contribution in [-0.4, -0.2) is 0 Å². The van der Waals surface area contributed by atoms with E-state index in [0.29, 0.717) is 0 Å². The van der Waals surface area contributed by atoms with Gasteiger partial charge in [0.25, 0.3) is 0 Å². The quantitative estimate of drug-likeness (QED) is 0.0990. The predicted molar refractivity (Wildman–Crippen MR) is 579 cm³/mol. The Balaban J connectivity index is 0.000000141. The minimum Gasteiger partial charge on any atom is -0.456 e. The number of rotatable bonds is 14. The van der Waals surface area contributed by atoms with Crippen LogP contribution in [0.2, 0.25) is 0 Å². The maximum absolute atomic E-state index is 7.09. The van der Waals surface area contributed by atoms with Crippen molar-refractivity contribution in [2.45, 2.75) is 27.7 Å². The molecule has 9 heteroatoms. The lowest BCUT2D eigenvalue weighted by Crippen LogP contribution is -2.10. The first-order valence-corrected chi connectivity index (χ1v) is 47.5. The Hall–Kier alpha value is -18.2. The molecule has 2 aliphatic heterocycles. The van der Waals surface area contributed by atoms with Crippen molar-refractivity contribution in [3.8, 4) is 67.5 Å². The molecule has 9 nitrogen and oxygen atoms in total. The number of furan rings is 3. The van der Waals surface area contributed by atoms with Crippen molar-refractivity contribution < 1.29 is 22.7 Å². The zero-order valence-electron chi connectivity index (χ0n) is 76.6. The van der Waals surface area contributed by atoms with Crippen LogP contribution in [0.25, 0.3) is 175 Å². The van der Waals surface area contributed by atoms with Crippen LogP contribution >= 0.6 is 0 Å². The topological polar surface area (TPSA) is 70.8 Å². The SMILES string of the molecule is Cc1ccc2c(-c3ccc(N(c4ccccc4)c4cccc5c4oc4ccccc45)cc3)cc3c4cc(C)cc5c4c(cc3c2c1)-c1ccc(N(c2ccccc2)c2cccc3c2oc2ccccc23)cc1O5.Cc1ccc2c(-c3ccc(N(c4ccccc4)c4ccccc4)cc3)cc3c4cc(C)cc5c4c(cc3c2c1)-c1ccc(N(c2ccccc2)c2cccc3c2oc2ccccc23)cc1O5. The molecule has 0 fully saturated rings. The maximum Gasteiger partial charge on any atom is 0.159 e. The number of hydrogen-bond donors (Lipinski definition) is 0. The van der Waals surface area contributed by atoms with Gasteiger partial charge in [-0.3, -0.25) is 0 Å². The average Bonchev–Trinajstić information content (AvgIpc) is 1.66. The first kappa shape index (κ1) is 80.5. The van der Waals surface area contributed by atoms with Crippen LogP contribution in [0.3, 0.4) is 0 Å². The second-order valence-electron chi connectivity index (χ2n) is 36.8. The minimum atomic E-state index is 0.812. The van der Waals surface area contributed by atoms with Crippen molar-refractivity contribution in [1.29, 1.82) is 0 Å². The molecule has 26 aromatic rings. The summed E-state index contributed by atoms with van der Waals surface area (Å²) >= 11 is 0. The maximum atomic E-state index is 7.09. The zero-order valence-corrected chi connectivity index (χ0v) is 76.6. The van der Waals surface area contributed by atoms with Crippen molar-refractivity contribution in [2.24, 2.45) is 0 Å². The molecular weight excluding hydrogens is 1700 g/mol. The average molecular weight is 1780 g/mol. The van der Waals surface area contributed by atoms with Crippen LogP contribution in [-0.2, 0) is 0 Å². The summed E-state index contributed by atoms with van der Waals surface area (Å²) in [6.45, 7) is 8.72. The third-order valence-corrected chi connectivity index (χ3v) is 28.1. The normalized spacial score (nSPS) is 12.0. The summed E-state index contributed by atoms with van der Waals surface area (Å²) in [5.74, 6) is 3.36.